The molecule has 0 atom stereocenters. The predicted octanol–water partition coefficient (Wildman–Crippen LogP) is 3.30. The minimum absolute atomic E-state index is 0.210. The second kappa shape index (κ2) is 5.30. The summed E-state index contributed by atoms with van der Waals surface area (Å²) in [5, 5.41) is 0. The molecule has 0 saturated heterocycles. The number of aromatic nitrogens is 2. The molecule has 0 aliphatic heterocycles. The molecule has 3 rings (SSSR count). The zero-order chi connectivity index (χ0) is 15.0. The number of nitrogens with two attached hydrogens (primary N) is 1. The lowest BCUT2D eigenvalue weighted by Gasteiger charge is -2.09. The maximum atomic E-state index is 14.0. The number of imidazole rings is 1. The van der Waals surface area contributed by atoms with Crippen LogP contribution in [0, 0.1) is 19.7 Å². The summed E-state index contributed by atoms with van der Waals surface area (Å²) in [4.78, 5) is 4.40. The fourth-order valence-electron chi connectivity index (χ4n) is 2.50. The molecule has 0 aliphatic carbocycles. The number of hydrogen-bond donors (Lipinski definition) is 1. The second-order valence-corrected chi connectivity index (χ2v) is 5.43. The Balaban J connectivity index is 2.04. The number of benzene rings is 2. The third-order valence-electron chi connectivity index (χ3n) is 3.92. The van der Waals surface area contributed by atoms with E-state index in [0.29, 0.717) is 18.7 Å². The van der Waals surface area contributed by atoms with Gasteiger partial charge in [0.15, 0.2) is 0 Å². The van der Waals surface area contributed by atoms with E-state index >= 15 is 0 Å². The van der Waals surface area contributed by atoms with Crippen LogP contribution in [0.15, 0.2) is 36.7 Å². The number of aryl methyl sites for hydroxylation is 2. The fraction of sp³-hybridized carbons (Fsp3) is 0.235. The number of rotatable bonds is 3. The molecule has 3 aromatic rings. The quantitative estimate of drug-likeness (QED) is 0.801. The van der Waals surface area contributed by atoms with Crippen LogP contribution in [-0.2, 0) is 13.1 Å². The van der Waals surface area contributed by atoms with Crippen molar-refractivity contribution in [2.24, 2.45) is 5.73 Å². The van der Waals surface area contributed by atoms with Crippen molar-refractivity contribution in [3.63, 3.8) is 0 Å². The minimum Gasteiger partial charge on any atom is -0.326 e. The van der Waals surface area contributed by atoms with Gasteiger partial charge in [0.05, 0.1) is 23.9 Å². The standard InChI is InChI=1S/C17H18FN3/c1-11-5-16-17(6-12(11)2)21(10-20-16)9-14-7-13(8-19)3-4-15(14)18/h3-7,10H,8-9,19H2,1-2H3. The molecule has 0 amide bonds. The van der Waals surface area contributed by atoms with E-state index in [1.165, 1.54) is 17.2 Å². The van der Waals surface area contributed by atoms with Crippen LogP contribution >= 0.6 is 0 Å². The Labute approximate surface area is 123 Å². The van der Waals surface area contributed by atoms with E-state index in [1.54, 1.807) is 12.4 Å². The lowest BCUT2D eigenvalue weighted by atomic mass is 10.1. The van der Waals surface area contributed by atoms with Gasteiger partial charge < -0.3 is 10.3 Å². The van der Waals surface area contributed by atoms with E-state index in [1.807, 2.05) is 10.6 Å². The fourth-order valence-corrected chi connectivity index (χ4v) is 2.50. The Morgan fingerprint density at radius 3 is 2.67 bits per heavy atom. The molecule has 3 nitrogen and oxygen atoms in total. The van der Waals surface area contributed by atoms with Crippen LogP contribution in [-0.4, -0.2) is 9.55 Å². The summed E-state index contributed by atoms with van der Waals surface area (Å²) in [5.74, 6) is -0.210. The van der Waals surface area contributed by atoms with Crippen molar-refractivity contribution in [1.29, 1.82) is 0 Å². The molecule has 1 heterocycles. The van der Waals surface area contributed by atoms with Crippen molar-refractivity contribution >= 4 is 11.0 Å². The van der Waals surface area contributed by atoms with E-state index in [-0.39, 0.29) is 5.82 Å². The lowest BCUT2D eigenvalue weighted by Crippen LogP contribution is -2.04. The molecule has 108 valence electrons. The Morgan fingerprint density at radius 1 is 1.14 bits per heavy atom. The summed E-state index contributed by atoms with van der Waals surface area (Å²) >= 11 is 0. The van der Waals surface area contributed by atoms with E-state index in [9.17, 15) is 4.39 Å². The van der Waals surface area contributed by atoms with Crippen molar-refractivity contribution in [3.05, 3.63) is 64.7 Å². The van der Waals surface area contributed by atoms with E-state index in [4.69, 9.17) is 5.73 Å². The average Bonchev–Trinajstić information content (AvgIpc) is 2.84. The van der Waals surface area contributed by atoms with Crippen molar-refractivity contribution < 1.29 is 4.39 Å². The highest BCUT2D eigenvalue weighted by Gasteiger charge is 2.09. The van der Waals surface area contributed by atoms with Crippen LogP contribution in [0.3, 0.4) is 0 Å². The van der Waals surface area contributed by atoms with Gasteiger partial charge in [-0.05, 0) is 54.8 Å². The Kier molecular flexibility index (Phi) is 3.47. The Hall–Kier alpha value is -2.20. The van der Waals surface area contributed by atoms with Gasteiger partial charge in [-0.1, -0.05) is 6.07 Å². The Morgan fingerprint density at radius 2 is 1.90 bits per heavy atom. The average molecular weight is 283 g/mol. The molecule has 4 heteroatoms. The van der Waals surface area contributed by atoms with E-state index < -0.39 is 0 Å². The van der Waals surface area contributed by atoms with Crippen molar-refractivity contribution in [2.45, 2.75) is 26.9 Å². The van der Waals surface area contributed by atoms with Crippen LogP contribution in [0.25, 0.3) is 11.0 Å². The van der Waals surface area contributed by atoms with Crippen molar-refractivity contribution in [1.82, 2.24) is 9.55 Å². The van der Waals surface area contributed by atoms with Crippen LogP contribution in [0.2, 0.25) is 0 Å². The van der Waals surface area contributed by atoms with Gasteiger partial charge in [-0.3, -0.25) is 0 Å². The maximum absolute atomic E-state index is 14.0. The molecular formula is C17H18FN3. The first kappa shape index (κ1) is 13.8. The molecule has 21 heavy (non-hydrogen) atoms. The summed E-state index contributed by atoms with van der Waals surface area (Å²) in [6, 6.07) is 9.18. The van der Waals surface area contributed by atoms with Crippen molar-refractivity contribution in [3.8, 4) is 0 Å². The first-order valence-corrected chi connectivity index (χ1v) is 6.98. The Bertz CT molecular complexity index is 805. The minimum atomic E-state index is -0.210. The highest BCUT2D eigenvalue weighted by Crippen LogP contribution is 2.20. The smallest absolute Gasteiger partial charge is 0.128 e. The summed E-state index contributed by atoms with van der Waals surface area (Å²) in [6.45, 7) is 5.01. The number of nitrogens with zero attached hydrogens (tertiary/aromatic N) is 2. The highest BCUT2D eigenvalue weighted by molar-refractivity contribution is 5.77. The summed E-state index contributed by atoms with van der Waals surface area (Å²) in [6.07, 6.45) is 1.76. The maximum Gasteiger partial charge on any atom is 0.128 e. The summed E-state index contributed by atoms with van der Waals surface area (Å²) in [5.41, 5.74) is 11.6. The molecule has 2 aromatic carbocycles. The van der Waals surface area contributed by atoms with Gasteiger partial charge in [-0.15, -0.1) is 0 Å². The number of hydrogen-bond acceptors (Lipinski definition) is 2. The molecule has 0 spiro atoms. The predicted molar refractivity (Wildman–Crippen MR) is 82.6 cm³/mol. The normalized spacial score (nSPS) is 11.2. The zero-order valence-corrected chi connectivity index (χ0v) is 12.2. The summed E-state index contributed by atoms with van der Waals surface area (Å²) < 4.78 is 15.9. The molecule has 0 bridgehead atoms. The van der Waals surface area contributed by atoms with Crippen LogP contribution < -0.4 is 5.73 Å². The molecule has 1 aromatic heterocycles. The zero-order valence-electron chi connectivity index (χ0n) is 12.2. The number of fused-ring (bicyclic) bond motifs is 1. The van der Waals surface area contributed by atoms with Gasteiger partial charge in [-0.2, -0.15) is 0 Å². The summed E-state index contributed by atoms with van der Waals surface area (Å²) in [7, 11) is 0. The molecule has 0 unspecified atom stereocenters. The van der Waals surface area contributed by atoms with Gasteiger partial charge in [0.2, 0.25) is 0 Å². The molecular weight excluding hydrogens is 265 g/mol. The molecule has 0 radical (unpaired) electrons. The molecule has 0 aliphatic rings. The second-order valence-electron chi connectivity index (χ2n) is 5.43. The first-order valence-electron chi connectivity index (χ1n) is 6.98. The van der Waals surface area contributed by atoms with Crippen LogP contribution in [0.1, 0.15) is 22.3 Å². The SMILES string of the molecule is Cc1cc2ncn(Cc3cc(CN)ccc3F)c2cc1C. The van der Waals surface area contributed by atoms with Gasteiger partial charge in [0.1, 0.15) is 5.82 Å². The third-order valence-corrected chi connectivity index (χ3v) is 3.92. The molecule has 0 fully saturated rings. The van der Waals surface area contributed by atoms with E-state index in [2.05, 4.69) is 31.0 Å². The van der Waals surface area contributed by atoms with Gasteiger partial charge >= 0.3 is 0 Å². The van der Waals surface area contributed by atoms with E-state index in [0.717, 1.165) is 16.6 Å². The monoisotopic (exact) mass is 283 g/mol. The topological polar surface area (TPSA) is 43.8 Å². The van der Waals surface area contributed by atoms with Gasteiger partial charge in [0.25, 0.3) is 0 Å². The van der Waals surface area contributed by atoms with Gasteiger partial charge in [-0.25, -0.2) is 9.37 Å². The first-order chi connectivity index (χ1) is 10.1. The molecule has 2 N–H and O–H groups in total. The van der Waals surface area contributed by atoms with Crippen LogP contribution in [0.5, 0.6) is 0 Å². The largest absolute Gasteiger partial charge is 0.326 e. The molecule has 0 saturated carbocycles. The number of halogens is 1. The van der Waals surface area contributed by atoms with Crippen LogP contribution in [0.4, 0.5) is 4.39 Å². The van der Waals surface area contributed by atoms with Gasteiger partial charge in [0, 0.05) is 12.1 Å². The van der Waals surface area contributed by atoms with Crippen molar-refractivity contribution in [2.75, 3.05) is 0 Å². The third kappa shape index (κ3) is 2.54. The highest BCUT2D eigenvalue weighted by atomic mass is 19.1. The lowest BCUT2D eigenvalue weighted by molar-refractivity contribution is 0.600.